The van der Waals surface area contributed by atoms with E-state index in [-0.39, 0.29) is 23.8 Å². The number of aromatic nitrogens is 1. The number of pyridine rings is 1. The van der Waals surface area contributed by atoms with E-state index in [1.165, 1.54) is 12.1 Å². The van der Waals surface area contributed by atoms with Gasteiger partial charge >= 0.3 is 0 Å². The van der Waals surface area contributed by atoms with Crippen LogP contribution in [0.4, 0.5) is 15.8 Å². The van der Waals surface area contributed by atoms with E-state index in [1.54, 1.807) is 12.3 Å². The molecule has 0 spiro atoms. The fraction of sp³-hybridized carbons (Fsp3) is 0.179. The van der Waals surface area contributed by atoms with Gasteiger partial charge in [0.15, 0.2) is 5.11 Å². The molecular weight excluding hydrogens is 555 g/mol. The summed E-state index contributed by atoms with van der Waals surface area (Å²) < 4.78 is 20.6. The molecule has 5 rings (SSSR count). The molecule has 3 heterocycles. The van der Waals surface area contributed by atoms with Crippen molar-refractivity contribution in [2.45, 2.75) is 32.4 Å². The molecule has 1 aliphatic rings. The lowest BCUT2D eigenvalue weighted by atomic mass is 10.0. The molecule has 1 amide bonds. The van der Waals surface area contributed by atoms with Crippen molar-refractivity contribution in [1.82, 2.24) is 10.3 Å². The molecule has 2 aromatic heterocycles. The average Bonchev–Trinajstić information content (AvgIpc) is 3.50. The highest BCUT2D eigenvalue weighted by molar-refractivity contribution is 9.10. The molecule has 0 saturated carbocycles. The highest BCUT2D eigenvalue weighted by Gasteiger charge is 2.42. The van der Waals surface area contributed by atoms with Gasteiger partial charge in [-0.3, -0.25) is 9.78 Å². The number of nitrogens with zero attached hydrogens (tertiary/aromatic N) is 2. The summed E-state index contributed by atoms with van der Waals surface area (Å²) in [6.45, 7) is 3.77. The Bertz CT molecular complexity index is 1480. The number of thiocarbonyl (C=S) groups is 1. The molecule has 1 fully saturated rings. The molecule has 0 radical (unpaired) electrons. The Morgan fingerprint density at radius 1 is 1.19 bits per heavy atom. The van der Waals surface area contributed by atoms with Crippen LogP contribution in [0.5, 0.6) is 0 Å². The van der Waals surface area contributed by atoms with Crippen LogP contribution in [-0.4, -0.2) is 16.0 Å². The van der Waals surface area contributed by atoms with Crippen molar-refractivity contribution in [1.29, 1.82) is 0 Å². The number of hydrogen-bond acceptors (Lipinski definition) is 4. The highest BCUT2D eigenvalue weighted by Crippen LogP contribution is 2.44. The standard InChI is InChI=1S/C28H24BrFN4O2S/c1-3-25(35)32-21-10-8-18(14-16(21)2)34-27(26(33-28(34)37)22-6-4-5-13-31-22)24-12-11-23(36-24)19-9-7-17(30)15-20(19)29/h4-15,26-27H,3H2,1-2H3,(H,32,35)(H,33,37)/t26-,27-/m1/s1. The van der Waals surface area contributed by atoms with Crippen LogP contribution in [0.2, 0.25) is 0 Å². The van der Waals surface area contributed by atoms with Crippen molar-refractivity contribution >= 4 is 50.5 Å². The molecule has 2 aromatic carbocycles. The third-order valence-electron chi connectivity index (χ3n) is 6.30. The van der Waals surface area contributed by atoms with Crippen molar-refractivity contribution in [2.75, 3.05) is 10.2 Å². The Morgan fingerprint density at radius 3 is 2.73 bits per heavy atom. The second-order valence-corrected chi connectivity index (χ2v) is 9.96. The molecule has 0 unspecified atom stereocenters. The van der Waals surface area contributed by atoms with Crippen LogP contribution in [0, 0.1) is 12.7 Å². The van der Waals surface area contributed by atoms with Crippen molar-refractivity contribution in [3.8, 4) is 11.3 Å². The number of benzene rings is 2. The van der Waals surface area contributed by atoms with E-state index in [0.29, 0.717) is 27.5 Å². The summed E-state index contributed by atoms with van der Waals surface area (Å²) in [5.41, 5.74) is 4.09. The number of rotatable bonds is 6. The number of furan rings is 1. The Labute approximate surface area is 228 Å². The lowest BCUT2D eigenvalue weighted by Crippen LogP contribution is -2.29. The van der Waals surface area contributed by atoms with E-state index < -0.39 is 0 Å². The molecule has 0 aliphatic carbocycles. The van der Waals surface area contributed by atoms with Gasteiger partial charge in [-0.05, 0) is 101 Å². The second-order valence-electron chi connectivity index (χ2n) is 8.72. The van der Waals surface area contributed by atoms with Gasteiger partial charge in [-0.15, -0.1) is 0 Å². The number of carbonyl (C=O) groups excluding carboxylic acids is 1. The lowest BCUT2D eigenvalue weighted by molar-refractivity contribution is -0.115. The normalized spacial score (nSPS) is 17.1. The maximum atomic E-state index is 13.7. The van der Waals surface area contributed by atoms with Crippen LogP contribution in [0.1, 0.15) is 42.4 Å². The molecule has 2 N–H and O–H groups in total. The Hall–Kier alpha value is -3.56. The van der Waals surface area contributed by atoms with E-state index in [4.69, 9.17) is 16.6 Å². The zero-order valence-electron chi connectivity index (χ0n) is 20.2. The van der Waals surface area contributed by atoms with Gasteiger partial charge in [-0.25, -0.2) is 4.39 Å². The van der Waals surface area contributed by atoms with E-state index in [2.05, 4.69) is 31.5 Å². The topological polar surface area (TPSA) is 70.4 Å². The van der Waals surface area contributed by atoms with Crippen LogP contribution in [0.3, 0.4) is 0 Å². The first-order chi connectivity index (χ1) is 17.9. The molecule has 1 aliphatic heterocycles. The Morgan fingerprint density at radius 2 is 2.03 bits per heavy atom. The first-order valence-corrected chi connectivity index (χ1v) is 13.0. The van der Waals surface area contributed by atoms with Gasteiger partial charge in [-0.1, -0.05) is 13.0 Å². The van der Waals surface area contributed by atoms with Crippen LogP contribution in [0.15, 0.2) is 81.8 Å². The van der Waals surface area contributed by atoms with Crippen LogP contribution in [0.25, 0.3) is 11.3 Å². The number of hydrogen-bond donors (Lipinski definition) is 2. The smallest absolute Gasteiger partial charge is 0.224 e. The molecular formula is C28H24BrFN4O2S. The second kappa shape index (κ2) is 10.4. The quantitative estimate of drug-likeness (QED) is 0.238. The molecule has 4 aromatic rings. The number of anilines is 2. The van der Waals surface area contributed by atoms with Crippen molar-refractivity contribution in [3.63, 3.8) is 0 Å². The SMILES string of the molecule is CCC(=O)Nc1ccc(N2C(=S)N[C@H](c3ccccn3)[C@H]2c2ccc(-c3ccc(F)cc3Br)o2)cc1C. The maximum absolute atomic E-state index is 13.7. The largest absolute Gasteiger partial charge is 0.459 e. The van der Waals surface area contributed by atoms with Crippen molar-refractivity contribution in [3.05, 3.63) is 100 Å². The van der Waals surface area contributed by atoms with Gasteiger partial charge in [0.1, 0.15) is 23.4 Å². The summed E-state index contributed by atoms with van der Waals surface area (Å²) in [6.07, 6.45) is 2.15. The van der Waals surface area contributed by atoms with E-state index >= 15 is 0 Å². The van der Waals surface area contributed by atoms with Gasteiger partial charge in [0.2, 0.25) is 5.91 Å². The summed E-state index contributed by atoms with van der Waals surface area (Å²) in [7, 11) is 0. The summed E-state index contributed by atoms with van der Waals surface area (Å²) in [5, 5.41) is 6.88. The van der Waals surface area contributed by atoms with E-state index in [1.807, 2.05) is 67.3 Å². The zero-order chi connectivity index (χ0) is 26.1. The molecule has 188 valence electrons. The van der Waals surface area contributed by atoms with Gasteiger partial charge in [0.25, 0.3) is 0 Å². The number of nitrogens with one attached hydrogen (secondary N) is 2. The first-order valence-electron chi connectivity index (χ1n) is 11.8. The molecule has 37 heavy (non-hydrogen) atoms. The average molecular weight is 579 g/mol. The Kier molecular flexibility index (Phi) is 7.08. The number of aryl methyl sites for hydroxylation is 1. The van der Waals surface area contributed by atoms with Gasteiger partial charge in [-0.2, -0.15) is 0 Å². The Balaban J connectivity index is 1.57. The van der Waals surface area contributed by atoms with Crippen LogP contribution < -0.4 is 15.5 Å². The molecule has 1 saturated heterocycles. The third-order valence-corrected chi connectivity index (χ3v) is 7.27. The molecule has 6 nitrogen and oxygen atoms in total. The fourth-order valence-electron chi connectivity index (χ4n) is 4.44. The minimum Gasteiger partial charge on any atom is -0.459 e. The number of carbonyl (C=O) groups is 1. The van der Waals surface area contributed by atoms with Gasteiger partial charge < -0.3 is 20.0 Å². The fourth-order valence-corrected chi connectivity index (χ4v) is 5.34. The minimum atomic E-state index is -0.342. The van der Waals surface area contributed by atoms with Crippen LogP contribution in [-0.2, 0) is 4.79 Å². The molecule has 0 bridgehead atoms. The summed E-state index contributed by atoms with van der Waals surface area (Å²) >= 11 is 9.24. The van der Waals surface area contributed by atoms with Gasteiger partial charge in [0, 0.05) is 34.0 Å². The van der Waals surface area contributed by atoms with Crippen molar-refractivity contribution < 1.29 is 13.6 Å². The summed E-state index contributed by atoms with van der Waals surface area (Å²) in [4.78, 5) is 18.5. The highest BCUT2D eigenvalue weighted by atomic mass is 79.9. The predicted octanol–water partition coefficient (Wildman–Crippen LogP) is 7.08. The lowest BCUT2D eigenvalue weighted by Gasteiger charge is -2.27. The minimum absolute atomic E-state index is 0.0441. The van der Waals surface area contributed by atoms with Crippen LogP contribution >= 0.6 is 28.1 Å². The van der Waals surface area contributed by atoms with Crippen molar-refractivity contribution in [2.24, 2.45) is 0 Å². The van der Waals surface area contributed by atoms with E-state index in [9.17, 15) is 9.18 Å². The van der Waals surface area contributed by atoms with Gasteiger partial charge in [0.05, 0.1) is 11.7 Å². The zero-order valence-corrected chi connectivity index (χ0v) is 22.6. The first kappa shape index (κ1) is 25.1. The number of halogens is 2. The predicted molar refractivity (Wildman–Crippen MR) is 150 cm³/mol. The van der Waals surface area contributed by atoms with E-state index in [0.717, 1.165) is 28.2 Å². The molecule has 2 atom stereocenters. The summed E-state index contributed by atoms with van der Waals surface area (Å²) in [6, 6.07) is 19.2. The monoisotopic (exact) mass is 578 g/mol. The third kappa shape index (κ3) is 5.01. The maximum Gasteiger partial charge on any atom is 0.224 e. The molecule has 9 heteroatoms. The summed E-state index contributed by atoms with van der Waals surface area (Å²) in [5.74, 6) is 0.906. The number of amides is 1.